The van der Waals surface area contributed by atoms with E-state index in [4.69, 9.17) is 0 Å². The Bertz CT molecular complexity index is 339. The molecule has 0 saturated heterocycles. The van der Waals surface area contributed by atoms with Crippen molar-refractivity contribution in [1.82, 2.24) is 9.80 Å². The molecule has 2 heteroatoms. The van der Waals surface area contributed by atoms with Gasteiger partial charge in [0, 0.05) is 26.0 Å². The van der Waals surface area contributed by atoms with Crippen LogP contribution in [0.1, 0.15) is 129 Å². The fraction of sp³-hybridized carbons (Fsp3) is 0.920. The van der Waals surface area contributed by atoms with Crippen LogP contribution in [0.3, 0.4) is 0 Å². The minimum atomic E-state index is 0.624. The van der Waals surface area contributed by atoms with Crippen LogP contribution in [0.5, 0.6) is 0 Å². The van der Waals surface area contributed by atoms with E-state index in [0.717, 1.165) is 0 Å². The van der Waals surface area contributed by atoms with E-state index in [2.05, 4.69) is 43.1 Å². The highest BCUT2D eigenvalue weighted by molar-refractivity contribution is 4.95. The van der Waals surface area contributed by atoms with Gasteiger partial charge < -0.3 is 9.80 Å². The Labute approximate surface area is 171 Å². The molecular weight excluding hydrogens is 328 g/mol. The maximum absolute atomic E-state index is 2.58. The van der Waals surface area contributed by atoms with Gasteiger partial charge in [-0.05, 0) is 19.3 Å². The molecule has 0 radical (unpaired) electrons. The third-order valence-corrected chi connectivity index (χ3v) is 6.18. The van der Waals surface area contributed by atoms with Gasteiger partial charge >= 0.3 is 0 Å². The SMILES string of the molecule is CCCCCCCCCCCCCCCC1N(C)C=CN1CCCCCC. The van der Waals surface area contributed by atoms with Gasteiger partial charge in [-0.2, -0.15) is 0 Å². The van der Waals surface area contributed by atoms with Crippen LogP contribution in [0, 0.1) is 0 Å². The van der Waals surface area contributed by atoms with Gasteiger partial charge in [-0.1, -0.05) is 110 Å². The second-order valence-electron chi connectivity index (χ2n) is 8.77. The first-order valence-corrected chi connectivity index (χ1v) is 12.5. The molecule has 160 valence electrons. The average molecular weight is 379 g/mol. The second-order valence-corrected chi connectivity index (χ2v) is 8.77. The lowest BCUT2D eigenvalue weighted by Crippen LogP contribution is -2.37. The van der Waals surface area contributed by atoms with Crippen LogP contribution in [0.2, 0.25) is 0 Å². The lowest BCUT2D eigenvalue weighted by molar-refractivity contribution is 0.159. The average Bonchev–Trinajstić information content (AvgIpc) is 3.02. The Morgan fingerprint density at radius 2 is 1.00 bits per heavy atom. The van der Waals surface area contributed by atoms with Gasteiger partial charge in [-0.3, -0.25) is 0 Å². The molecule has 0 N–H and O–H groups in total. The summed E-state index contributed by atoms with van der Waals surface area (Å²) >= 11 is 0. The van der Waals surface area contributed by atoms with Gasteiger partial charge in [0.1, 0.15) is 6.17 Å². The third kappa shape index (κ3) is 12.4. The van der Waals surface area contributed by atoms with Crippen LogP contribution in [0.25, 0.3) is 0 Å². The number of nitrogens with zero attached hydrogens (tertiary/aromatic N) is 2. The van der Waals surface area contributed by atoms with E-state index in [-0.39, 0.29) is 0 Å². The van der Waals surface area contributed by atoms with E-state index >= 15 is 0 Å². The summed E-state index contributed by atoms with van der Waals surface area (Å²) in [5.74, 6) is 0. The van der Waals surface area contributed by atoms with Crippen molar-refractivity contribution >= 4 is 0 Å². The van der Waals surface area contributed by atoms with E-state index in [1.54, 1.807) is 0 Å². The van der Waals surface area contributed by atoms with Gasteiger partial charge in [0.15, 0.2) is 0 Å². The van der Waals surface area contributed by atoms with Crippen molar-refractivity contribution in [1.29, 1.82) is 0 Å². The van der Waals surface area contributed by atoms with E-state index < -0.39 is 0 Å². The summed E-state index contributed by atoms with van der Waals surface area (Å²) < 4.78 is 0. The van der Waals surface area contributed by atoms with E-state index in [1.165, 1.54) is 122 Å². The van der Waals surface area contributed by atoms with Crippen LogP contribution in [-0.2, 0) is 0 Å². The van der Waals surface area contributed by atoms with Gasteiger partial charge in [-0.25, -0.2) is 0 Å². The van der Waals surface area contributed by atoms with Crippen molar-refractivity contribution in [3.8, 4) is 0 Å². The highest BCUT2D eigenvalue weighted by atomic mass is 15.4. The molecule has 0 spiro atoms. The highest BCUT2D eigenvalue weighted by Crippen LogP contribution is 2.21. The standard InChI is InChI=1S/C25H50N2/c1-4-6-8-10-11-12-13-14-15-16-17-18-19-21-25-26(3)23-24-27(25)22-20-9-7-5-2/h23-25H,4-22H2,1-3H3. The van der Waals surface area contributed by atoms with Crippen molar-refractivity contribution in [2.75, 3.05) is 13.6 Å². The van der Waals surface area contributed by atoms with Crippen LogP contribution < -0.4 is 0 Å². The topological polar surface area (TPSA) is 6.48 Å². The molecule has 1 aliphatic rings. The zero-order chi connectivity index (χ0) is 19.6. The van der Waals surface area contributed by atoms with Crippen LogP contribution in [-0.4, -0.2) is 29.6 Å². The maximum Gasteiger partial charge on any atom is 0.100 e. The van der Waals surface area contributed by atoms with Crippen LogP contribution in [0.4, 0.5) is 0 Å². The summed E-state index contributed by atoms with van der Waals surface area (Å²) in [4.78, 5) is 5.00. The molecule has 1 heterocycles. The molecule has 0 aromatic carbocycles. The largest absolute Gasteiger partial charge is 0.359 e. The molecule has 2 nitrogen and oxygen atoms in total. The fourth-order valence-corrected chi connectivity index (χ4v) is 4.28. The minimum absolute atomic E-state index is 0.624. The molecule has 0 amide bonds. The summed E-state index contributed by atoms with van der Waals surface area (Å²) in [5, 5.41) is 0. The van der Waals surface area contributed by atoms with Gasteiger partial charge in [0.05, 0.1) is 0 Å². The second kappa shape index (κ2) is 17.4. The molecule has 0 aliphatic carbocycles. The fourth-order valence-electron chi connectivity index (χ4n) is 4.28. The first-order chi connectivity index (χ1) is 13.3. The lowest BCUT2D eigenvalue weighted by atomic mass is 10.0. The van der Waals surface area contributed by atoms with Gasteiger partial charge in [0.25, 0.3) is 0 Å². The minimum Gasteiger partial charge on any atom is -0.359 e. The smallest absolute Gasteiger partial charge is 0.100 e. The Hall–Kier alpha value is -0.660. The van der Waals surface area contributed by atoms with E-state index in [1.807, 2.05) is 0 Å². The molecule has 0 saturated carbocycles. The molecule has 27 heavy (non-hydrogen) atoms. The predicted molar refractivity (Wildman–Crippen MR) is 122 cm³/mol. The summed E-state index contributed by atoms with van der Waals surface area (Å²) in [6, 6.07) is 0. The quantitative estimate of drug-likeness (QED) is 0.209. The molecule has 0 aromatic heterocycles. The third-order valence-electron chi connectivity index (χ3n) is 6.18. The predicted octanol–water partition coefficient (Wildman–Crippen LogP) is 8.09. The number of hydrogen-bond donors (Lipinski definition) is 0. The van der Waals surface area contributed by atoms with Gasteiger partial charge in [0.2, 0.25) is 0 Å². The lowest BCUT2D eigenvalue weighted by Gasteiger charge is -2.30. The molecule has 1 unspecified atom stereocenters. The number of rotatable bonds is 19. The van der Waals surface area contributed by atoms with Crippen molar-refractivity contribution in [2.45, 2.75) is 136 Å². The molecular formula is C25H50N2. The Balaban J connectivity index is 1.91. The molecule has 1 aliphatic heterocycles. The van der Waals surface area contributed by atoms with Crippen molar-refractivity contribution in [3.05, 3.63) is 12.4 Å². The maximum atomic E-state index is 2.58. The van der Waals surface area contributed by atoms with Crippen molar-refractivity contribution in [3.63, 3.8) is 0 Å². The summed E-state index contributed by atoms with van der Waals surface area (Å²) in [5.41, 5.74) is 0. The van der Waals surface area contributed by atoms with Gasteiger partial charge in [-0.15, -0.1) is 0 Å². The first kappa shape index (κ1) is 24.4. The molecule has 1 rings (SSSR count). The summed E-state index contributed by atoms with van der Waals surface area (Å²) in [6.45, 7) is 5.83. The number of unbranched alkanes of at least 4 members (excludes halogenated alkanes) is 15. The van der Waals surface area contributed by atoms with Crippen LogP contribution >= 0.6 is 0 Å². The monoisotopic (exact) mass is 378 g/mol. The van der Waals surface area contributed by atoms with Crippen LogP contribution in [0.15, 0.2) is 12.4 Å². The Morgan fingerprint density at radius 3 is 1.52 bits per heavy atom. The zero-order valence-corrected chi connectivity index (χ0v) is 19.1. The summed E-state index contributed by atoms with van der Waals surface area (Å²) in [7, 11) is 2.25. The Kier molecular flexibility index (Phi) is 15.7. The molecule has 1 atom stereocenters. The zero-order valence-electron chi connectivity index (χ0n) is 19.1. The molecule has 0 bridgehead atoms. The summed E-state index contributed by atoms with van der Waals surface area (Å²) in [6.07, 6.45) is 30.8. The van der Waals surface area contributed by atoms with E-state index in [0.29, 0.717) is 6.17 Å². The van der Waals surface area contributed by atoms with Crippen molar-refractivity contribution in [2.24, 2.45) is 0 Å². The first-order valence-electron chi connectivity index (χ1n) is 12.5. The Morgan fingerprint density at radius 1 is 0.556 bits per heavy atom. The molecule has 0 aromatic rings. The molecule has 0 fully saturated rings. The normalized spacial score (nSPS) is 16.6. The van der Waals surface area contributed by atoms with Crippen molar-refractivity contribution < 1.29 is 0 Å². The van der Waals surface area contributed by atoms with E-state index in [9.17, 15) is 0 Å². The highest BCUT2D eigenvalue weighted by Gasteiger charge is 2.22. The number of hydrogen-bond acceptors (Lipinski definition) is 2.